The molecule has 0 fully saturated rings. The van der Waals surface area contributed by atoms with Gasteiger partial charge in [-0.25, -0.2) is 9.55 Å². The number of fused-ring (bicyclic) bond motifs is 1. The van der Waals surface area contributed by atoms with Gasteiger partial charge in [0.25, 0.3) is 0 Å². The summed E-state index contributed by atoms with van der Waals surface area (Å²) in [6.07, 6.45) is 3.55. The van der Waals surface area contributed by atoms with Crippen LogP contribution in [0, 0.1) is 5.41 Å². The number of aromatic nitrogens is 2. The van der Waals surface area contributed by atoms with Crippen molar-refractivity contribution >= 4 is 45.7 Å². The topological polar surface area (TPSA) is 74.3 Å². The fourth-order valence-electron chi connectivity index (χ4n) is 2.55. The van der Waals surface area contributed by atoms with Crippen molar-refractivity contribution in [1.29, 1.82) is 5.41 Å². The summed E-state index contributed by atoms with van der Waals surface area (Å²) >= 11 is 2.60. The molecule has 5 nitrogen and oxygen atoms in total. The van der Waals surface area contributed by atoms with E-state index in [1.807, 2.05) is 42.6 Å². The van der Waals surface area contributed by atoms with E-state index in [0.717, 1.165) is 22.5 Å². The van der Waals surface area contributed by atoms with Crippen molar-refractivity contribution in [1.82, 2.24) is 9.55 Å². The average Bonchev–Trinajstić information content (AvgIpc) is 3.21. The first-order chi connectivity index (χ1) is 11.1. The number of nitrogens with one attached hydrogen (secondary N) is 1. The molecule has 7 heteroatoms. The second-order valence-electron chi connectivity index (χ2n) is 5.02. The number of aliphatic imine (C=N–C) groups is 1. The minimum absolute atomic E-state index is 0.0413. The Kier molecular flexibility index (Phi) is 3.24. The standard InChI is InChI=1S/C16H12N4OS2/c1-9-11(10-4-2-3-5-12(10)19-9)8-13-14(21)20(15(17)23-13)16-18-6-7-22-16/h2-8,17,21H,1H3/b11-8+,17-15?. The van der Waals surface area contributed by atoms with E-state index in [-0.39, 0.29) is 10.7 Å². The minimum Gasteiger partial charge on any atom is -0.493 e. The summed E-state index contributed by atoms with van der Waals surface area (Å²) in [5.41, 5.74) is 3.87. The molecule has 114 valence electrons. The molecule has 0 aliphatic carbocycles. The Labute approximate surface area is 140 Å². The van der Waals surface area contributed by atoms with Crippen LogP contribution in [0.1, 0.15) is 17.4 Å². The zero-order chi connectivity index (χ0) is 16.0. The zero-order valence-electron chi connectivity index (χ0n) is 12.1. The van der Waals surface area contributed by atoms with E-state index in [9.17, 15) is 5.11 Å². The molecule has 0 radical (unpaired) electrons. The summed E-state index contributed by atoms with van der Waals surface area (Å²) < 4.78 is 1.45. The molecule has 2 aromatic heterocycles. The lowest BCUT2D eigenvalue weighted by Crippen LogP contribution is -2.09. The van der Waals surface area contributed by atoms with Crippen LogP contribution in [-0.4, -0.2) is 20.4 Å². The molecule has 0 saturated carbocycles. The van der Waals surface area contributed by atoms with Gasteiger partial charge < -0.3 is 5.11 Å². The molecule has 0 saturated heterocycles. The molecule has 3 heterocycles. The minimum atomic E-state index is 0.0413. The van der Waals surface area contributed by atoms with Gasteiger partial charge in [-0.15, -0.1) is 11.3 Å². The smallest absolute Gasteiger partial charge is 0.217 e. The number of hydrogen-bond donors (Lipinski definition) is 2. The average molecular weight is 340 g/mol. The van der Waals surface area contributed by atoms with Crippen LogP contribution in [0.3, 0.4) is 0 Å². The lowest BCUT2D eigenvalue weighted by Gasteiger charge is -2.02. The predicted octanol–water partition coefficient (Wildman–Crippen LogP) is 3.83. The highest BCUT2D eigenvalue weighted by Crippen LogP contribution is 2.37. The van der Waals surface area contributed by atoms with E-state index >= 15 is 0 Å². The molecule has 23 heavy (non-hydrogen) atoms. The molecule has 0 atom stereocenters. The maximum Gasteiger partial charge on any atom is 0.217 e. The monoisotopic (exact) mass is 340 g/mol. The van der Waals surface area contributed by atoms with Crippen LogP contribution in [0.15, 0.2) is 40.8 Å². The summed E-state index contributed by atoms with van der Waals surface area (Å²) in [6, 6.07) is 7.92. The molecule has 0 bridgehead atoms. The molecule has 3 aromatic rings. The highest BCUT2D eigenvalue weighted by molar-refractivity contribution is 7.13. The number of aromatic hydroxyl groups is 1. The fraction of sp³-hybridized carbons (Fsp3) is 0.0625. The van der Waals surface area contributed by atoms with Crippen LogP contribution in [0.4, 0.5) is 5.69 Å². The molecule has 1 aliphatic heterocycles. The molecule has 4 rings (SSSR count). The Hall–Kier alpha value is -2.51. The van der Waals surface area contributed by atoms with Crippen molar-refractivity contribution in [3.05, 3.63) is 51.1 Å². The highest BCUT2D eigenvalue weighted by atomic mass is 32.1. The van der Waals surface area contributed by atoms with Crippen LogP contribution in [0.2, 0.25) is 0 Å². The van der Waals surface area contributed by atoms with Gasteiger partial charge in [0.1, 0.15) is 0 Å². The number of allylic oxidation sites excluding steroid dienone is 1. The van der Waals surface area contributed by atoms with E-state index in [0.29, 0.717) is 10.0 Å². The van der Waals surface area contributed by atoms with Crippen LogP contribution in [-0.2, 0) is 0 Å². The number of rotatable bonds is 2. The van der Waals surface area contributed by atoms with E-state index in [4.69, 9.17) is 5.41 Å². The second kappa shape index (κ2) is 5.29. The third kappa shape index (κ3) is 2.25. The van der Waals surface area contributed by atoms with Crippen molar-refractivity contribution in [2.24, 2.45) is 4.99 Å². The fourth-order valence-corrected chi connectivity index (χ4v) is 4.09. The van der Waals surface area contributed by atoms with Crippen molar-refractivity contribution in [2.75, 3.05) is 0 Å². The van der Waals surface area contributed by atoms with Crippen LogP contribution >= 0.6 is 22.7 Å². The zero-order valence-corrected chi connectivity index (χ0v) is 13.8. The van der Waals surface area contributed by atoms with Gasteiger partial charge in [-0.05, 0) is 19.1 Å². The summed E-state index contributed by atoms with van der Waals surface area (Å²) in [7, 11) is 0. The van der Waals surface area contributed by atoms with Crippen LogP contribution in [0.25, 0.3) is 16.8 Å². The van der Waals surface area contributed by atoms with Crippen molar-refractivity contribution < 1.29 is 5.11 Å². The van der Waals surface area contributed by atoms with Gasteiger partial charge in [-0.2, -0.15) is 0 Å². The van der Waals surface area contributed by atoms with Gasteiger partial charge in [-0.1, -0.05) is 29.5 Å². The predicted molar refractivity (Wildman–Crippen MR) is 93.9 cm³/mol. The van der Waals surface area contributed by atoms with E-state index in [1.54, 1.807) is 6.20 Å². The number of para-hydroxylation sites is 1. The molecule has 0 amide bonds. The lowest BCUT2D eigenvalue weighted by molar-refractivity contribution is 0.438. The van der Waals surface area contributed by atoms with Gasteiger partial charge in [0.05, 0.1) is 10.6 Å². The Bertz CT molecular complexity index is 1010. The number of nitrogens with zero attached hydrogens (tertiary/aromatic N) is 3. The largest absolute Gasteiger partial charge is 0.493 e. The van der Waals surface area contributed by atoms with Gasteiger partial charge in [-0.3, -0.25) is 10.4 Å². The number of hydrogen-bond acceptors (Lipinski definition) is 6. The number of benzene rings is 1. The van der Waals surface area contributed by atoms with Crippen LogP contribution in [0.5, 0.6) is 5.88 Å². The maximum atomic E-state index is 10.5. The highest BCUT2D eigenvalue weighted by Gasteiger charge is 2.20. The summed E-state index contributed by atoms with van der Waals surface area (Å²) in [6.45, 7) is 1.95. The van der Waals surface area contributed by atoms with Crippen molar-refractivity contribution in [2.45, 2.75) is 6.92 Å². The van der Waals surface area contributed by atoms with Crippen molar-refractivity contribution in [3.63, 3.8) is 0 Å². The maximum absolute atomic E-state index is 10.5. The first-order valence-corrected chi connectivity index (χ1v) is 8.61. The quantitative estimate of drug-likeness (QED) is 0.744. The van der Waals surface area contributed by atoms with Gasteiger partial charge >= 0.3 is 0 Å². The third-order valence-electron chi connectivity index (χ3n) is 3.60. The molecule has 2 N–H and O–H groups in total. The second-order valence-corrected chi connectivity index (χ2v) is 6.92. The Balaban J connectivity index is 1.87. The molecule has 0 unspecified atom stereocenters. The normalized spacial score (nSPS) is 15.0. The summed E-state index contributed by atoms with van der Waals surface area (Å²) in [4.78, 5) is 9.59. The van der Waals surface area contributed by atoms with Crippen LogP contribution < -0.4 is 4.80 Å². The van der Waals surface area contributed by atoms with E-state index in [1.165, 1.54) is 27.2 Å². The first-order valence-electron chi connectivity index (χ1n) is 6.91. The van der Waals surface area contributed by atoms with Gasteiger partial charge in [0.2, 0.25) is 5.88 Å². The Morgan fingerprint density at radius 3 is 2.91 bits per heavy atom. The summed E-state index contributed by atoms with van der Waals surface area (Å²) in [5.74, 6) is 0.0413. The molecule has 1 aromatic carbocycles. The molecular formula is C16H12N4OS2. The van der Waals surface area contributed by atoms with Gasteiger partial charge in [0.15, 0.2) is 9.93 Å². The lowest BCUT2D eigenvalue weighted by atomic mass is 10.0. The van der Waals surface area contributed by atoms with Crippen molar-refractivity contribution in [3.8, 4) is 11.0 Å². The first kappa shape index (κ1) is 14.1. The van der Waals surface area contributed by atoms with E-state index < -0.39 is 0 Å². The Morgan fingerprint density at radius 1 is 1.30 bits per heavy atom. The SMILES string of the molecule is CC1=Nc2ccccc2/C1=C/c1sc(=N)n(-c2nccs2)c1O. The third-order valence-corrected chi connectivity index (χ3v) is 5.25. The van der Waals surface area contributed by atoms with Gasteiger partial charge in [0, 0.05) is 28.4 Å². The number of thiazole rings is 2. The Morgan fingerprint density at radius 2 is 2.13 bits per heavy atom. The molecular weight excluding hydrogens is 328 g/mol. The van der Waals surface area contributed by atoms with E-state index in [2.05, 4.69) is 9.98 Å². The molecule has 1 aliphatic rings. The molecule has 0 spiro atoms. The summed E-state index contributed by atoms with van der Waals surface area (Å²) in [5, 5.41) is 21.0.